The highest BCUT2D eigenvalue weighted by Crippen LogP contribution is 2.68. The smallest absolute Gasteiger partial charge is 0.432 e. The Bertz CT molecular complexity index is 1630. The minimum Gasteiger partial charge on any atom is -0.493 e. The van der Waals surface area contributed by atoms with Crippen LogP contribution >= 0.6 is 0 Å². The summed E-state index contributed by atoms with van der Waals surface area (Å²) in [6.07, 6.45) is -3.36. The summed E-state index contributed by atoms with van der Waals surface area (Å²) in [5, 5.41) is 0.594. The molecule has 1 aliphatic heterocycles. The lowest BCUT2D eigenvalue weighted by Gasteiger charge is -2.28. The van der Waals surface area contributed by atoms with Gasteiger partial charge in [0.25, 0.3) is 5.91 Å². The molecular formula is C26H22F3N3O7. The fourth-order valence-corrected chi connectivity index (χ4v) is 6.11. The van der Waals surface area contributed by atoms with E-state index < -0.39 is 40.5 Å². The maximum atomic E-state index is 13.9. The van der Waals surface area contributed by atoms with Gasteiger partial charge in [0.15, 0.2) is 11.5 Å². The molecule has 2 fully saturated rings. The van der Waals surface area contributed by atoms with Crippen molar-refractivity contribution in [2.24, 2.45) is 5.92 Å². The summed E-state index contributed by atoms with van der Waals surface area (Å²) >= 11 is 0. The van der Waals surface area contributed by atoms with E-state index in [2.05, 4.69) is 14.7 Å². The second-order valence-electron chi connectivity index (χ2n) is 9.59. The molecule has 2 aromatic heterocycles. The van der Waals surface area contributed by atoms with Crippen molar-refractivity contribution in [1.29, 1.82) is 0 Å². The Kier molecular flexibility index (Phi) is 5.13. The van der Waals surface area contributed by atoms with Gasteiger partial charge in [-0.05, 0) is 24.5 Å². The van der Waals surface area contributed by atoms with E-state index in [0.29, 0.717) is 34.6 Å². The van der Waals surface area contributed by atoms with Gasteiger partial charge in [0, 0.05) is 34.7 Å². The number of nitrogens with zero attached hydrogens (tertiary/aromatic N) is 1. The number of nitrogens with one attached hydrogen (secondary N) is 2. The number of ketones is 1. The van der Waals surface area contributed by atoms with E-state index in [9.17, 15) is 27.6 Å². The molecule has 10 nitrogen and oxygen atoms in total. The van der Waals surface area contributed by atoms with Crippen LogP contribution in [0.2, 0.25) is 0 Å². The number of halogens is 3. The number of carbonyl (C=O) groups is 3. The number of aromatic amines is 2. The van der Waals surface area contributed by atoms with Crippen molar-refractivity contribution in [3.05, 3.63) is 52.1 Å². The third kappa shape index (κ3) is 3.18. The highest BCUT2D eigenvalue weighted by Gasteiger charge is 2.69. The van der Waals surface area contributed by atoms with Gasteiger partial charge in [-0.2, -0.15) is 13.2 Å². The maximum absolute atomic E-state index is 13.9. The zero-order chi connectivity index (χ0) is 28.0. The Morgan fingerprint density at radius 1 is 1.05 bits per heavy atom. The molecule has 1 spiro atoms. The van der Waals surface area contributed by atoms with Crippen molar-refractivity contribution in [3.8, 4) is 17.2 Å². The molecule has 1 saturated carbocycles. The van der Waals surface area contributed by atoms with Gasteiger partial charge in [-0.3, -0.25) is 9.59 Å². The molecule has 0 unspecified atom stereocenters. The number of esters is 1. The average molecular weight is 545 g/mol. The Labute approximate surface area is 218 Å². The number of alkyl halides is 3. The lowest BCUT2D eigenvalue weighted by Crippen LogP contribution is -2.34. The van der Waals surface area contributed by atoms with Crippen LogP contribution in [0.15, 0.2) is 23.9 Å². The summed E-state index contributed by atoms with van der Waals surface area (Å²) in [5.74, 6) is -1.71. The third-order valence-electron chi connectivity index (χ3n) is 7.78. The number of hydrogen-bond acceptors (Lipinski definition) is 7. The molecule has 3 aromatic rings. The Balaban J connectivity index is 1.45. The zero-order valence-corrected chi connectivity index (χ0v) is 21.2. The summed E-state index contributed by atoms with van der Waals surface area (Å²) in [5.41, 5.74) is -2.61. The van der Waals surface area contributed by atoms with E-state index in [4.69, 9.17) is 14.2 Å². The Hall–Kier alpha value is -4.42. The molecule has 2 aliphatic carbocycles. The largest absolute Gasteiger partial charge is 0.493 e. The summed E-state index contributed by atoms with van der Waals surface area (Å²) in [4.78, 5) is 45.9. The van der Waals surface area contributed by atoms with Gasteiger partial charge in [-0.25, -0.2) is 4.79 Å². The highest BCUT2D eigenvalue weighted by atomic mass is 19.4. The van der Waals surface area contributed by atoms with Gasteiger partial charge in [0.05, 0.1) is 45.2 Å². The number of piperidine rings is 1. The summed E-state index contributed by atoms with van der Waals surface area (Å²) in [7, 11) is 5.33. The van der Waals surface area contributed by atoms with E-state index in [1.165, 1.54) is 32.3 Å². The number of likely N-dealkylation sites (tertiary alicyclic amines) is 1. The van der Waals surface area contributed by atoms with Crippen LogP contribution in [0.4, 0.5) is 13.2 Å². The third-order valence-corrected chi connectivity index (χ3v) is 7.78. The first-order valence-electron chi connectivity index (χ1n) is 11.8. The van der Waals surface area contributed by atoms with Crippen molar-refractivity contribution in [3.63, 3.8) is 0 Å². The number of rotatable bonds is 5. The molecule has 39 heavy (non-hydrogen) atoms. The number of aromatic nitrogens is 2. The SMILES string of the molecule is COC(=O)c1c(C(F)(F)F)[nH]c2c1[C@@]13C[C@@H]1CN(C(=O)c1cc4cc(OC)c(OC)c(OC)c4[nH]1)C3=CC2=O. The molecule has 3 aliphatic rings. The number of ether oxygens (including phenoxy) is 4. The van der Waals surface area contributed by atoms with Gasteiger partial charge in [-0.15, -0.1) is 0 Å². The van der Waals surface area contributed by atoms with Crippen molar-refractivity contribution in [2.75, 3.05) is 35.0 Å². The predicted octanol–water partition coefficient (Wildman–Crippen LogP) is 3.82. The van der Waals surface area contributed by atoms with E-state index in [1.807, 2.05) is 0 Å². The molecule has 2 N–H and O–H groups in total. The number of hydrogen-bond donors (Lipinski definition) is 2. The molecule has 2 atom stereocenters. The molecule has 0 bridgehead atoms. The van der Waals surface area contributed by atoms with Crippen molar-refractivity contribution >= 4 is 28.6 Å². The Morgan fingerprint density at radius 2 is 1.77 bits per heavy atom. The predicted molar refractivity (Wildman–Crippen MR) is 128 cm³/mol. The molecule has 13 heteroatoms. The van der Waals surface area contributed by atoms with Crippen LogP contribution in [0.3, 0.4) is 0 Å². The monoisotopic (exact) mass is 545 g/mol. The minimum atomic E-state index is -4.93. The fourth-order valence-electron chi connectivity index (χ4n) is 6.11. The van der Waals surface area contributed by atoms with Crippen LogP contribution in [0.1, 0.15) is 49.0 Å². The van der Waals surface area contributed by atoms with E-state index in [0.717, 1.165) is 7.11 Å². The van der Waals surface area contributed by atoms with Crippen LogP contribution in [0, 0.1) is 5.92 Å². The maximum Gasteiger partial charge on any atom is 0.432 e. The molecule has 0 radical (unpaired) electrons. The van der Waals surface area contributed by atoms with Crippen LogP contribution in [-0.4, -0.2) is 67.5 Å². The van der Waals surface area contributed by atoms with Crippen molar-refractivity contribution in [1.82, 2.24) is 14.9 Å². The molecule has 3 heterocycles. The number of H-pyrrole nitrogens is 2. The average Bonchev–Trinajstić information content (AvgIpc) is 3.22. The van der Waals surface area contributed by atoms with E-state index >= 15 is 0 Å². The number of methoxy groups -OCH3 is 4. The number of fused-ring (bicyclic) bond motifs is 2. The number of amides is 1. The number of allylic oxidation sites excluding steroid dienone is 2. The molecule has 1 aromatic carbocycles. The molecule has 1 saturated heterocycles. The van der Waals surface area contributed by atoms with Gasteiger partial charge in [0.2, 0.25) is 11.5 Å². The van der Waals surface area contributed by atoms with Crippen LogP contribution in [-0.2, 0) is 16.3 Å². The molecule has 6 rings (SSSR count). The first-order chi connectivity index (χ1) is 18.5. The molecular weight excluding hydrogens is 523 g/mol. The molecule has 1 amide bonds. The lowest BCUT2D eigenvalue weighted by atomic mass is 9.82. The summed E-state index contributed by atoms with van der Waals surface area (Å²) in [6, 6.07) is 3.26. The van der Waals surface area contributed by atoms with Crippen LogP contribution < -0.4 is 14.2 Å². The van der Waals surface area contributed by atoms with Crippen LogP contribution in [0.25, 0.3) is 10.9 Å². The molecule has 204 valence electrons. The minimum absolute atomic E-state index is 0.0581. The van der Waals surface area contributed by atoms with Gasteiger partial charge < -0.3 is 33.8 Å². The number of benzene rings is 1. The van der Waals surface area contributed by atoms with E-state index in [-0.39, 0.29) is 35.1 Å². The summed E-state index contributed by atoms with van der Waals surface area (Å²) in [6.45, 7) is 0.156. The first kappa shape index (κ1) is 24.9. The van der Waals surface area contributed by atoms with Gasteiger partial charge in [-0.1, -0.05) is 0 Å². The zero-order valence-electron chi connectivity index (χ0n) is 21.2. The quantitative estimate of drug-likeness (QED) is 0.468. The van der Waals surface area contributed by atoms with Crippen molar-refractivity contribution in [2.45, 2.75) is 18.0 Å². The fraction of sp³-hybridized carbons (Fsp3) is 0.346. The highest BCUT2D eigenvalue weighted by molar-refractivity contribution is 6.12. The lowest BCUT2D eigenvalue weighted by molar-refractivity contribution is -0.141. The topological polar surface area (TPSA) is 123 Å². The Morgan fingerprint density at radius 3 is 2.38 bits per heavy atom. The summed E-state index contributed by atoms with van der Waals surface area (Å²) < 4.78 is 62.6. The van der Waals surface area contributed by atoms with Gasteiger partial charge in [0.1, 0.15) is 11.4 Å². The second kappa shape index (κ2) is 8.04. The first-order valence-corrected chi connectivity index (χ1v) is 11.8. The van der Waals surface area contributed by atoms with E-state index in [1.54, 1.807) is 12.1 Å². The van der Waals surface area contributed by atoms with Crippen molar-refractivity contribution < 1.29 is 46.5 Å². The van der Waals surface area contributed by atoms with Crippen LogP contribution in [0.5, 0.6) is 17.2 Å². The van der Waals surface area contributed by atoms with Gasteiger partial charge >= 0.3 is 12.1 Å². The second-order valence-corrected chi connectivity index (χ2v) is 9.59. The number of carbonyl (C=O) groups excluding carboxylic acids is 3. The normalized spacial score (nSPS) is 21.2. The standard InChI is InChI=1S/C26H22F3N3O7/c1-36-14-6-10-5-12(30-18(10)21(38-3)20(14)37-2)23(34)32-9-11-8-25(11)15(32)7-13(33)19-17(25)16(24(35)39-4)22(31-19)26(27,28)29/h5-7,11,30-31H,8-9H2,1-4H3/t11-,25+/m1/s1.